The van der Waals surface area contributed by atoms with Crippen LogP contribution < -0.4 is 5.32 Å². The maximum atomic E-state index is 13.3. The third kappa shape index (κ3) is 3.39. The molecule has 1 rings (SSSR count). The van der Waals surface area contributed by atoms with Crippen LogP contribution in [-0.4, -0.2) is 6.54 Å². The van der Waals surface area contributed by atoms with Gasteiger partial charge in [0.15, 0.2) is 0 Å². The van der Waals surface area contributed by atoms with E-state index in [9.17, 15) is 4.39 Å². The zero-order valence-corrected chi connectivity index (χ0v) is 10.1. The van der Waals surface area contributed by atoms with Gasteiger partial charge in [0, 0.05) is 11.6 Å². The molecule has 1 unspecified atom stereocenters. The number of nitrogens with one attached hydrogen (secondary N) is 1. The Morgan fingerprint density at radius 1 is 1.50 bits per heavy atom. The summed E-state index contributed by atoms with van der Waals surface area (Å²) in [6.07, 6.45) is 0. The molecule has 86 valence electrons. The molecule has 0 aliphatic heterocycles. The molecule has 0 amide bonds. The van der Waals surface area contributed by atoms with Gasteiger partial charge < -0.3 is 5.32 Å². The molecule has 0 aromatic heterocycles. The summed E-state index contributed by atoms with van der Waals surface area (Å²) in [7, 11) is 0. The molecule has 4 heteroatoms. The van der Waals surface area contributed by atoms with Crippen molar-refractivity contribution in [3.05, 3.63) is 29.0 Å². The Bertz CT molecular complexity index is 398. The molecule has 0 fully saturated rings. The van der Waals surface area contributed by atoms with Gasteiger partial charge in [-0.05, 0) is 24.1 Å². The highest BCUT2D eigenvalue weighted by Gasteiger charge is 2.12. The fourth-order valence-corrected chi connectivity index (χ4v) is 1.46. The van der Waals surface area contributed by atoms with E-state index in [4.69, 9.17) is 16.9 Å². The smallest absolute Gasteiger partial charge is 0.146 e. The Hall–Kier alpha value is -1.27. The largest absolute Gasteiger partial charge is 0.381 e. The van der Waals surface area contributed by atoms with E-state index in [-0.39, 0.29) is 17.7 Å². The van der Waals surface area contributed by atoms with Crippen molar-refractivity contribution in [3.63, 3.8) is 0 Å². The van der Waals surface area contributed by atoms with Crippen LogP contribution in [0.3, 0.4) is 0 Å². The number of nitriles is 1. The van der Waals surface area contributed by atoms with E-state index in [1.165, 1.54) is 18.2 Å². The van der Waals surface area contributed by atoms with Crippen molar-refractivity contribution >= 4 is 17.3 Å². The van der Waals surface area contributed by atoms with Gasteiger partial charge in [-0.15, -0.1) is 0 Å². The van der Waals surface area contributed by atoms with Crippen LogP contribution in [0.2, 0.25) is 5.02 Å². The van der Waals surface area contributed by atoms with Crippen molar-refractivity contribution < 1.29 is 4.39 Å². The second-order valence-corrected chi connectivity index (χ2v) is 4.42. The molecular weight excluding hydrogens is 227 g/mol. The molecule has 0 saturated heterocycles. The summed E-state index contributed by atoms with van der Waals surface area (Å²) in [4.78, 5) is 0. The number of hydrogen-bond donors (Lipinski definition) is 1. The van der Waals surface area contributed by atoms with Gasteiger partial charge in [0.05, 0.1) is 17.7 Å². The molecule has 0 saturated carbocycles. The predicted molar refractivity (Wildman–Crippen MR) is 63.8 cm³/mol. The van der Waals surface area contributed by atoms with Gasteiger partial charge in [-0.25, -0.2) is 4.39 Å². The van der Waals surface area contributed by atoms with Crippen LogP contribution in [0.4, 0.5) is 10.1 Å². The number of hydrogen-bond acceptors (Lipinski definition) is 2. The van der Waals surface area contributed by atoms with E-state index < -0.39 is 0 Å². The SMILES string of the molecule is CC(C)C(C#N)CNc1cc(Cl)ccc1F. The maximum absolute atomic E-state index is 13.3. The van der Waals surface area contributed by atoms with E-state index >= 15 is 0 Å². The zero-order valence-electron chi connectivity index (χ0n) is 9.30. The van der Waals surface area contributed by atoms with Gasteiger partial charge in [0.2, 0.25) is 0 Å². The maximum Gasteiger partial charge on any atom is 0.146 e. The topological polar surface area (TPSA) is 35.8 Å². The number of halogens is 2. The zero-order chi connectivity index (χ0) is 12.1. The summed E-state index contributed by atoms with van der Waals surface area (Å²) >= 11 is 5.76. The minimum atomic E-state index is -0.357. The van der Waals surface area contributed by atoms with Crippen LogP contribution in [0.25, 0.3) is 0 Å². The third-order valence-corrected chi connectivity index (χ3v) is 2.65. The van der Waals surface area contributed by atoms with Gasteiger partial charge in [-0.1, -0.05) is 25.4 Å². The van der Waals surface area contributed by atoms with Crippen molar-refractivity contribution in [2.45, 2.75) is 13.8 Å². The predicted octanol–water partition coefficient (Wildman–Crippen LogP) is 3.69. The van der Waals surface area contributed by atoms with Crippen molar-refractivity contribution in [2.75, 3.05) is 11.9 Å². The average Bonchev–Trinajstić information content (AvgIpc) is 2.23. The quantitative estimate of drug-likeness (QED) is 0.871. The number of benzene rings is 1. The van der Waals surface area contributed by atoms with Crippen molar-refractivity contribution in [1.29, 1.82) is 5.26 Å². The normalized spacial score (nSPS) is 12.2. The molecule has 0 radical (unpaired) electrons. The van der Waals surface area contributed by atoms with E-state index in [0.717, 1.165) is 0 Å². The fourth-order valence-electron chi connectivity index (χ4n) is 1.28. The number of rotatable bonds is 4. The second-order valence-electron chi connectivity index (χ2n) is 3.98. The molecule has 16 heavy (non-hydrogen) atoms. The monoisotopic (exact) mass is 240 g/mol. The minimum absolute atomic E-state index is 0.140. The highest BCUT2D eigenvalue weighted by atomic mass is 35.5. The van der Waals surface area contributed by atoms with Crippen LogP contribution in [-0.2, 0) is 0 Å². The summed E-state index contributed by atoms with van der Waals surface area (Å²) in [5.41, 5.74) is 0.341. The first-order valence-corrected chi connectivity index (χ1v) is 5.51. The Balaban J connectivity index is 2.67. The molecule has 0 spiro atoms. The average molecular weight is 241 g/mol. The van der Waals surface area contributed by atoms with Gasteiger partial charge in [0.1, 0.15) is 5.82 Å². The first-order valence-electron chi connectivity index (χ1n) is 5.13. The van der Waals surface area contributed by atoms with E-state index in [1.54, 1.807) is 0 Å². The molecule has 0 bridgehead atoms. The lowest BCUT2D eigenvalue weighted by Crippen LogP contribution is -2.18. The summed E-state index contributed by atoms with van der Waals surface area (Å²) in [6, 6.07) is 6.51. The lowest BCUT2D eigenvalue weighted by atomic mass is 9.97. The fraction of sp³-hybridized carbons (Fsp3) is 0.417. The number of nitrogens with zero attached hydrogens (tertiary/aromatic N) is 1. The Kier molecular flexibility index (Phi) is 4.57. The molecular formula is C12H14ClFN2. The second kappa shape index (κ2) is 5.72. The van der Waals surface area contributed by atoms with Crippen molar-refractivity contribution in [2.24, 2.45) is 11.8 Å². The van der Waals surface area contributed by atoms with E-state index in [0.29, 0.717) is 17.3 Å². The Labute approximate surface area is 100 Å². The minimum Gasteiger partial charge on any atom is -0.381 e. The lowest BCUT2D eigenvalue weighted by Gasteiger charge is -2.15. The van der Waals surface area contributed by atoms with E-state index in [2.05, 4.69) is 11.4 Å². The van der Waals surface area contributed by atoms with Gasteiger partial charge >= 0.3 is 0 Å². The van der Waals surface area contributed by atoms with Crippen LogP contribution >= 0.6 is 11.6 Å². The summed E-state index contributed by atoms with van der Waals surface area (Å²) in [5.74, 6) is -0.261. The van der Waals surface area contributed by atoms with Crippen LogP contribution in [0.1, 0.15) is 13.8 Å². The summed E-state index contributed by atoms with van der Waals surface area (Å²) in [6.45, 7) is 4.35. The molecule has 2 nitrogen and oxygen atoms in total. The first-order chi connectivity index (χ1) is 7.54. The molecule has 1 N–H and O–H groups in total. The highest BCUT2D eigenvalue weighted by molar-refractivity contribution is 6.30. The molecule has 0 aliphatic rings. The molecule has 0 aliphatic carbocycles. The Morgan fingerprint density at radius 3 is 2.75 bits per heavy atom. The van der Waals surface area contributed by atoms with Gasteiger partial charge in [0.25, 0.3) is 0 Å². The third-order valence-electron chi connectivity index (χ3n) is 2.41. The van der Waals surface area contributed by atoms with Crippen LogP contribution in [0.15, 0.2) is 18.2 Å². The Morgan fingerprint density at radius 2 is 2.19 bits per heavy atom. The van der Waals surface area contributed by atoms with E-state index in [1.807, 2.05) is 13.8 Å². The lowest BCUT2D eigenvalue weighted by molar-refractivity contribution is 0.495. The highest BCUT2D eigenvalue weighted by Crippen LogP contribution is 2.20. The van der Waals surface area contributed by atoms with Crippen LogP contribution in [0.5, 0.6) is 0 Å². The summed E-state index contributed by atoms with van der Waals surface area (Å²) in [5, 5.41) is 12.3. The van der Waals surface area contributed by atoms with Crippen LogP contribution in [0, 0.1) is 29.0 Å². The first kappa shape index (κ1) is 12.8. The van der Waals surface area contributed by atoms with Gasteiger partial charge in [-0.2, -0.15) is 5.26 Å². The number of anilines is 1. The standard InChI is InChI=1S/C12H14ClFN2/c1-8(2)9(6-15)7-16-12-5-10(13)3-4-11(12)14/h3-5,8-9,16H,7H2,1-2H3. The van der Waals surface area contributed by atoms with Crippen molar-refractivity contribution in [3.8, 4) is 6.07 Å². The van der Waals surface area contributed by atoms with Gasteiger partial charge in [-0.3, -0.25) is 0 Å². The molecule has 0 heterocycles. The molecule has 1 aromatic carbocycles. The summed E-state index contributed by atoms with van der Waals surface area (Å²) < 4.78 is 13.3. The van der Waals surface area contributed by atoms with Crippen molar-refractivity contribution in [1.82, 2.24) is 0 Å². The molecule has 1 atom stereocenters. The molecule has 1 aromatic rings.